The average molecular weight is 401 g/mol. The van der Waals surface area contributed by atoms with Crippen LogP contribution in [0.3, 0.4) is 0 Å². The quantitative estimate of drug-likeness (QED) is 0.491. The van der Waals surface area contributed by atoms with E-state index in [2.05, 4.69) is 10.4 Å². The molecule has 0 fully saturated rings. The number of rotatable bonds is 5. The van der Waals surface area contributed by atoms with E-state index in [0.717, 1.165) is 28.4 Å². The number of furan rings is 1. The third kappa shape index (κ3) is 3.85. The number of ether oxygens (including phenoxy) is 1. The topological polar surface area (TPSA) is 69.3 Å². The van der Waals surface area contributed by atoms with E-state index in [1.807, 2.05) is 75.4 Å². The fourth-order valence-corrected chi connectivity index (χ4v) is 3.17. The Bertz CT molecular complexity index is 1200. The van der Waals surface area contributed by atoms with Gasteiger partial charge in [-0.3, -0.25) is 4.79 Å². The molecule has 0 aliphatic heterocycles. The summed E-state index contributed by atoms with van der Waals surface area (Å²) in [6.07, 6.45) is 0. The summed E-state index contributed by atoms with van der Waals surface area (Å²) in [5.41, 5.74) is 4.76. The summed E-state index contributed by atoms with van der Waals surface area (Å²) in [5.74, 6) is 1.87. The molecule has 2 aromatic heterocycles. The molecule has 4 aromatic rings. The summed E-state index contributed by atoms with van der Waals surface area (Å²) in [4.78, 5) is 13.2. The van der Waals surface area contributed by atoms with E-state index < -0.39 is 0 Å². The molecule has 0 bridgehead atoms. The van der Waals surface area contributed by atoms with Crippen molar-refractivity contribution in [2.45, 2.75) is 20.8 Å². The van der Waals surface area contributed by atoms with Crippen molar-refractivity contribution in [1.29, 1.82) is 0 Å². The van der Waals surface area contributed by atoms with Gasteiger partial charge in [-0.1, -0.05) is 6.07 Å². The van der Waals surface area contributed by atoms with Gasteiger partial charge in [-0.05, 0) is 80.4 Å². The number of carbonyl (C=O) groups is 1. The first kappa shape index (κ1) is 19.5. The summed E-state index contributed by atoms with van der Waals surface area (Å²) >= 11 is 0. The van der Waals surface area contributed by atoms with Gasteiger partial charge in [0.05, 0.1) is 12.8 Å². The maximum atomic E-state index is 13.2. The molecule has 2 aromatic carbocycles. The number of hydrogen-bond donors (Lipinski definition) is 1. The Kier molecular flexibility index (Phi) is 5.14. The van der Waals surface area contributed by atoms with Crippen molar-refractivity contribution in [3.8, 4) is 22.9 Å². The zero-order valence-corrected chi connectivity index (χ0v) is 17.4. The van der Waals surface area contributed by atoms with Crippen molar-refractivity contribution in [3.63, 3.8) is 0 Å². The lowest BCUT2D eigenvalue weighted by Gasteiger charge is -2.10. The molecular formula is C24H23N3O3. The van der Waals surface area contributed by atoms with Gasteiger partial charge in [-0.2, -0.15) is 5.10 Å². The van der Waals surface area contributed by atoms with Crippen LogP contribution in [0.1, 0.15) is 27.4 Å². The fourth-order valence-electron chi connectivity index (χ4n) is 3.17. The average Bonchev–Trinajstić information content (AvgIpc) is 3.37. The lowest BCUT2D eigenvalue weighted by Crippen LogP contribution is -2.17. The number of hydrogen-bond acceptors (Lipinski definition) is 4. The molecule has 0 saturated carbocycles. The zero-order valence-electron chi connectivity index (χ0n) is 17.4. The lowest BCUT2D eigenvalue weighted by atomic mass is 10.1. The minimum atomic E-state index is -0.254. The number of anilines is 1. The second-order valence-corrected chi connectivity index (χ2v) is 7.19. The van der Waals surface area contributed by atoms with Crippen LogP contribution in [0.5, 0.6) is 5.75 Å². The molecule has 0 aliphatic rings. The summed E-state index contributed by atoms with van der Waals surface area (Å²) < 4.78 is 12.6. The van der Waals surface area contributed by atoms with Gasteiger partial charge in [-0.25, -0.2) is 4.68 Å². The number of nitrogens with zero attached hydrogens (tertiary/aromatic N) is 2. The number of amides is 1. The third-order valence-corrected chi connectivity index (χ3v) is 5.02. The largest absolute Gasteiger partial charge is 0.497 e. The fraction of sp³-hybridized carbons (Fsp3) is 0.167. The summed E-state index contributed by atoms with van der Waals surface area (Å²) in [6, 6.07) is 18.7. The molecule has 1 N–H and O–H groups in total. The van der Waals surface area contributed by atoms with E-state index in [-0.39, 0.29) is 5.91 Å². The number of benzene rings is 2. The highest BCUT2D eigenvalue weighted by Crippen LogP contribution is 2.25. The van der Waals surface area contributed by atoms with Crippen molar-refractivity contribution in [3.05, 3.63) is 83.2 Å². The predicted octanol–water partition coefficient (Wildman–Crippen LogP) is 5.32. The van der Waals surface area contributed by atoms with Gasteiger partial charge < -0.3 is 14.5 Å². The van der Waals surface area contributed by atoms with Crippen LogP contribution in [0.15, 0.2) is 65.1 Å². The molecule has 0 aliphatic carbocycles. The Hall–Kier alpha value is -3.80. The van der Waals surface area contributed by atoms with Crippen LogP contribution in [0.2, 0.25) is 0 Å². The molecule has 6 nitrogen and oxygen atoms in total. The first-order valence-electron chi connectivity index (χ1n) is 9.64. The van der Waals surface area contributed by atoms with E-state index in [1.54, 1.807) is 17.9 Å². The number of aryl methyl sites for hydroxylation is 3. The Morgan fingerprint density at radius 2 is 1.73 bits per heavy atom. The molecule has 0 spiro atoms. The predicted molar refractivity (Wildman–Crippen MR) is 116 cm³/mol. The molecule has 30 heavy (non-hydrogen) atoms. The molecule has 0 unspecified atom stereocenters. The van der Waals surface area contributed by atoms with Crippen LogP contribution in [-0.4, -0.2) is 22.8 Å². The zero-order chi connectivity index (χ0) is 21.3. The number of nitrogens with one attached hydrogen (secondary N) is 1. The van der Waals surface area contributed by atoms with Gasteiger partial charge in [0.25, 0.3) is 5.91 Å². The van der Waals surface area contributed by atoms with Crippen molar-refractivity contribution in [2.75, 3.05) is 12.4 Å². The molecule has 0 radical (unpaired) electrons. The molecule has 4 rings (SSSR count). The van der Waals surface area contributed by atoms with Gasteiger partial charge in [0, 0.05) is 11.8 Å². The van der Waals surface area contributed by atoms with Gasteiger partial charge in [-0.15, -0.1) is 0 Å². The highest BCUT2D eigenvalue weighted by Gasteiger charge is 2.19. The minimum Gasteiger partial charge on any atom is -0.497 e. The number of methoxy groups -OCH3 is 1. The van der Waals surface area contributed by atoms with Gasteiger partial charge >= 0.3 is 0 Å². The SMILES string of the molecule is COc1ccc(-n2nc(-c3ccc(C)o3)cc2C(=O)Nc2ccc(C)c(C)c2)cc1. The lowest BCUT2D eigenvalue weighted by molar-refractivity contribution is 0.101. The van der Waals surface area contributed by atoms with E-state index >= 15 is 0 Å². The molecule has 0 atom stereocenters. The summed E-state index contributed by atoms with van der Waals surface area (Å²) in [7, 11) is 1.61. The second kappa shape index (κ2) is 7.91. The maximum absolute atomic E-state index is 13.2. The van der Waals surface area contributed by atoms with E-state index in [9.17, 15) is 4.79 Å². The Morgan fingerprint density at radius 3 is 2.37 bits per heavy atom. The van der Waals surface area contributed by atoms with E-state index in [1.165, 1.54) is 5.56 Å². The van der Waals surface area contributed by atoms with Crippen LogP contribution in [0, 0.1) is 20.8 Å². The molecule has 1 amide bonds. The highest BCUT2D eigenvalue weighted by molar-refractivity contribution is 6.04. The number of carbonyl (C=O) groups excluding carboxylic acids is 1. The van der Waals surface area contributed by atoms with Crippen LogP contribution < -0.4 is 10.1 Å². The Balaban J connectivity index is 1.74. The normalized spacial score (nSPS) is 10.8. The smallest absolute Gasteiger partial charge is 0.274 e. The monoisotopic (exact) mass is 401 g/mol. The minimum absolute atomic E-state index is 0.254. The molecular weight excluding hydrogens is 378 g/mol. The van der Waals surface area contributed by atoms with Crippen molar-refractivity contribution in [1.82, 2.24) is 9.78 Å². The first-order chi connectivity index (χ1) is 14.4. The first-order valence-corrected chi connectivity index (χ1v) is 9.64. The second-order valence-electron chi connectivity index (χ2n) is 7.19. The van der Waals surface area contributed by atoms with Crippen LogP contribution in [0.4, 0.5) is 5.69 Å². The van der Waals surface area contributed by atoms with Crippen molar-refractivity contribution in [2.24, 2.45) is 0 Å². The number of aromatic nitrogens is 2. The maximum Gasteiger partial charge on any atom is 0.274 e. The summed E-state index contributed by atoms with van der Waals surface area (Å²) in [5, 5.41) is 7.61. The molecule has 152 valence electrons. The summed E-state index contributed by atoms with van der Waals surface area (Å²) in [6.45, 7) is 5.93. The van der Waals surface area contributed by atoms with Gasteiger partial charge in [0.2, 0.25) is 0 Å². The van der Waals surface area contributed by atoms with Crippen LogP contribution in [0.25, 0.3) is 17.1 Å². The standard InChI is InChI=1S/C24H23N3O3/c1-15-5-7-18(13-16(15)2)25-24(28)22-14-21(23-12-6-17(3)30-23)26-27(22)19-8-10-20(29-4)11-9-19/h5-14H,1-4H3,(H,25,28). The van der Waals surface area contributed by atoms with Crippen molar-refractivity contribution >= 4 is 11.6 Å². The highest BCUT2D eigenvalue weighted by atomic mass is 16.5. The molecule has 0 saturated heterocycles. The van der Waals surface area contributed by atoms with Crippen molar-refractivity contribution < 1.29 is 13.9 Å². The molecule has 2 heterocycles. The Labute approximate surface area is 175 Å². The van der Waals surface area contributed by atoms with Crippen LogP contribution >= 0.6 is 0 Å². The van der Waals surface area contributed by atoms with E-state index in [4.69, 9.17) is 9.15 Å². The van der Waals surface area contributed by atoms with Gasteiger partial charge in [0.1, 0.15) is 22.9 Å². The Morgan fingerprint density at radius 1 is 0.967 bits per heavy atom. The van der Waals surface area contributed by atoms with E-state index in [0.29, 0.717) is 17.1 Å². The van der Waals surface area contributed by atoms with Crippen LogP contribution in [-0.2, 0) is 0 Å². The molecule has 6 heteroatoms. The third-order valence-electron chi connectivity index (χ3n) is 5.02. The van der Waals surface area contributed by atoms with Gasteiger partial charge in [0.15, 0.2) is 5.76 Å².